The van der Waals surface area contributed by atoms with E-state index in [1.165, 1.54) is 18.2 Å². The standard InChI is InChI=1S/C12H13N5O3/c13-10-4-1-3-9(11(10)17(19)20)12(18)14-6-8-16-7-2-5-15-16/h1-5,7H,6,8,13H2,(H,14,18). The lowest BCUT2D eigenvalue weighted by molar-refractivity contribution is -0.384. The van der Waals surface area contributed by atoms with Gasteiger partial charge in [0, 0.05) is 18.9 Å². The number of nitrogens with two attached hydrogens (primary N) is 1. The fourth-order valence-electron chi connectivity index (χ4n) is 1.76. The van der Waals surface area contributed by atoms with Crippen LogP contribution >= 0.6 is 0 Å². The Morgan fingerprint density at radius 1 is 1.45 bits per heavy atom. The largest absolute Gasteiger partial charge is 0.393 e. The highest BCUT2D eigenvalue weighted by atomic mass is 16.6. The summed E-state index contributed by atoms with van der Waals surface area (Å²) >= 11 is 0. The van der Waals surface area contributed by atoms with Crippen LogP contribution in [0.5, 0.6) is 0 Å². The molecule has 3 N–H and O–H groups in total. The summed E-state index contributed by atoms with van der Waals surface area (Å²) in [6, 6.07) is 6.03. The summed E-state index contributed by atoms with van der Waals surface area (Å²) < 4.78 is 1.65. The minimum absolute atomic E-state index is 0.0327. The summed E-state index contributed by atoms with van der Waals surface area (Å²) in [5.74, 6) is -0.531. The number of amides is 1. The molecule has 0 radical (unpaired) electrons. The summed E-state index contributed by atoms with van der Waals surface area (Å²) in [5.41, 5.74) is 5.08. The number of hydrogen-bond donors (Lipinski definition) is 2. The maximum Gasteiger partial charge on any atom is 0.304 e. The van der Waals surface area contributed by atoms with Crippen LogP contribution < -0.4 is 11.1 Å². The normalized spacial score (nSPS) is 10.2. The molecule has 2 rings (SSSR count). The van der Waals surface area contributed by atoms with Gasteiger partial charge in [-0.3, -0.25) is 19.6 Å². The van der Waals surface area contributed by atoms with E-state index in [9.17, 15) is 14.9 Å². The number of nitro benzene ring substituents is 1. The van der Waals surface area contributed by atoms with Crippen LogP contribution in [-0.4, -0.2) is 27.2 Å². The molecular formula is C12H13N5O3. The van der Waals surface area contributed by atoms with E-state index in [2.05, 4.69) is 10.4 Å². The van der Waals surface area contributed by atoms with Gasteiger partial charge in [-0.15, -0.1) is 0 Å². The molecule has 1 amide bonds. The first-order chi connectivity index (χ1) is 9.59. The zero-order chi connectivity index (χ0) is 14.5. The number of nitrogen functional groups attached to an aromatic ring is 1. The van der Waals surface area contributed by atoms with Crippen molar-refractivity contribution in [2.75, 3.05) is 12.3 Å². The third-order valence-electron chi connectivity index (χ3n) is 2.68. The van der Waals surface area contributed by atoms with Crippen molar-refractivity contribution in [3.05, 3.63) is 52.3 Å². The average Bonchev–Trinajstić information content (AvgIpc) is 2.91. The van der Waals surface area contributed by atoms with Crippen LogP contribution in [0.15, 0.2) is 36.7 Å². The number of anilines is 1. The first-order valence-corrected chi connectivity index (χ1v) is 5.88. The molecule has 0 unspecified atom stereocenters. The molecule has 0 aliphatic carbocycles. The maximum absolute atomic E-state index is 11.9. The first-order valence-electron chi connectivity index (χ1n) is 5.88. The van der Waals surface area contributed by atoms with Crippen molar-refractivity contribution in [3.8, 4) is 0 Å². The molecule has 0 atom stereocenters. The Bertz CT molecular complexity index is 624. The lowest BCUT2D eigenvalue weighted by Gasteiger charge is -2.07. The molecule has 8 nitrogen and oxygen atoms in total. The lowest BCUT2D eigenvalue weighted by atomic mass is 10.1. The Labute approximate surface area is 114 Å². The van der Waals surface area contributed by atoms with Crippen LogP contribution in [0, 0.1) is 10.1 Å². The monoisotopic (exact) mass is 275 g/mol. The Balaban J connectivity index is 2.06. The van der Waals surface area contributed by atoms with Gasteiger partial charge in [-0.05, 0) is 18.2 Å². The Hall–Kier alpha value is -2.90. The summed E-state index contributed by atoms with van der Waals surface area (Å²) in [7, 11) is 0. The lowest BCUT2D eigenvalue weighted by Crippen LogP contribution is -2.28. The van der Waals surface area contributed by atoms with Crippen LogP contribution in [0.25, 0.3) is 0 Å². The topological polar surface area (TPSA) is 116 Å². The van der Waals surface area contributed by atoms with Gasteiger partial charge in [0.25, 0.3) is 5.91 Å². The summed E-state index contributed by atoms with van der Waals surface area (Å²) in [5, 5.41) is 17.5. The fourth-order valence-corrected chi connectivity index (χ4v) is 1.76. The molecular weight excluding hydrogens is 262 g/mol. The van der Waals surface area contributed by atoms with Gasteiger partial charge < -0.3 is 11.1 Å². The van der Waals surface area contributed by atoms with Crippen molar-refractivity contribution >= 4 is 17.3 Å². The first kappa shape index (κ1) is 13.5. The molecule has 0 spiro atoms. The number of nitro groups is 1. The van der Waals surface area contributed by atoms with E-state index in [1.54, 1.807) is 23.1 Å². The van der Waals surface area contributed by atoms with E-state index in [4.69, 9.17) is 5.73 Å². The van der Waals surface area contributed by atoms with Gasteiger partial charge in [0.05, 0.1) is 11.5 Å². The molecule has 1 aromatic carbocycles. The number of para-hydroxylation sites is 1. The molecule has 8 heteroatoms. The highest BCUT2D eigenvalue weighted by Crippen LogP contribution is 2.25. The Morgan fingerprint density at radius 2 is 2.25 bits per heavy atom. The van der Waals surface area contributed by atoms with Gasteiger partial charge in [-0.2, -0.15) is 5.10 Å². The van der Waals surface area contributed by atoms with Gasteiger partial charge >= 0.3 is 5.69 Å². The third kappa shape index (κ3) is 2.91. The number of benzene rings is 1. The molecule has 0 aliphatic heterocycles. The predicted molar refractivity (Wildman–Crippen MR) is 72.1 cm³/mol. The Morgan fingerprint density at radius 3 is 2.90 bits per heavy atom. The van der Waals surface area contributed by atoms with Crippen molar-refractivity contribution in [2.45, 2.75) is 6.54 Å². The van der Waals surface area contributed by atoms with E-state index in [-0.39, 0.29) is 16.9 Å². The molecule has 0 saturated heterocycles. The van der Waals surface area contributed by atoms with Crippen LogP contribution in [0.2, 0.25) is 0 Å². The van der Waals surface area contributed by atoms with Gasteiger partial charge in [-0.1, -0.05) is 6.07 Å². The molecule has 1 aromatic heterocycles. The number of carbonyl (C=O) groups excluding carboxylic acids is 1. The van der Waals surface area contributed by atoms with E-state index in [1.807, 2.05) is 0 Å². The van der Waals surface area contributed by atoms with Gasteiger partial charge in [0.2, 0.25) is 0 Å². The number of nitrogens with zero attached hydrogens (tertiary/aromatic N) is 3. The van der Waals surface area contributed by atoms with E-state index in [0.717, 1.165) is 0 Å². The second-order valence-corrected chi connectivity index (χ2v) is 4.03. The number of hydrogen-bond acceptors (Lipinski definition) is 5. The van der Waals surface area contributed by atoms with E-state index in [0.29, 0.717) is 13.1 Å². The SMILES string of the molecule is Nc1cccc(C(=O)NCCn2cccn2)c1[N+](=O)[O-]. The summed E-state index contributed by atoms with van der Waals surface area (Å²) in [6.45, 7) is 0.793. The van der Waals surface area contributed by atoms with Gasteiger partial charge in [0.1, 0.15) is 11.3 Å². The number of rotatable bonds is 5. The molecule has 0 fully saturated rings. The van der Waals surface area contributed by atoms with Gasteiger partial charge in [-0.25, -0.2) is 0 Å². The maximum atomic E-state index is 11.9. The van der Waals surface area contributed by atoms with Crippen molar-refractivity contribution in [2.24, 2.45) is 0 Å². The minimum atomic E-state index is -0.655. The Kier molecular flexibility index (Phi) is 3.94. The number of nitrogens with one attached hydrogen (secondary N) is 1. The van der Waals surface area contributed by atoms with Crippen LogP contribution in [-0.2, 0) is 6.54 Å². The van der Waals surface area contributed by atoms with Crippen molar-refractivity contribution < 1.29 is 9.72 Å². The third-order valence-corrected chi connectivity index (χ3v) is 2.68. The molecule has 104 valence electrons. The van der Waals surface area contributed by atoms with Crippen LogP contribution in [0.4, 0.5) is 11.4 Å². The number of aromatic nitrogens is 2. The molecule has 0 aliphatic rings. The molecule has 0 saturated carbocycles. The fraction of sp³-hybridized carbons (Fsp3) is 0.167. The predicted octanol–water partition coefficient (Wildman–Crippen LogP) is 0.803. The second-order valence-electron chi connectivity index (χ2n) is 4.03. The van der Waals surface area contributed by atoms with Crippen LogP contribution in [0.1, 0.15) is 10.4 Å². The zero-order valence-electron chi connectivity index (χ0n) is 10.5. The second kappa shape index (κ2) is 5.83. The highest BCUT2D eigenvalue weighted by Gasteiger charge is 2.22. The van der Waals surface area contributed by atoms with Crippen LogP contribution in [0.3, 0.4) is 0 Å². The van der Waals surface area contributed by atoms with Gasteiger partial charge in [0.15, 0.2) is 0 Å². The molecule has 1 heterocycles. The van der Waals surface area contributed by atoms with Crippen molar-refractivity contribution in [1.82, 2.24) is 15.1 Å². The summed E-state index contributed by atoms with van der Waals surface area (Å²) in [4.78, 5) is 22.2. The zero-order valence-corrected chi connectivity index (χ0v) is 10.5. The van der Waals surface area contributed by atoms with Crippen molar-refractivity contribution in [1.29, 1.82) is 0 Å². The average molecular weight is 275 g/mol. The smallest absolute Gasteiger partial charge is 0.304 e. The highest BCUT2D eigenvalue weighted by molar-refractivity contribution is 6.00. The minimum Gasteiger partial charge on any atom is -0.393 e. The van der Waals surface area contributed by atoms with E-state index >= 15 is 0 Å². The quantitative estimate of drug-likeness (QED) is 0.475. The van der Waals surface area contributed by atoms with Crippen molar-refractivity contribution in [3.63, 3.8) is 0 Å². The van der Waals surface area contributed by atoms with E-state index < -0.39 is 10.8 Å². The number of carbonyl (C=O) groups is 1. The molecule has 2 aromatic rings. The summed E-state index contributed by atoms with van der Waals surface area (Å²) in [6.07, 6.45) is 3.39. The molecule has 20 heavy (non-hydrogen) atoms. The molecule has 0 bridgehead atoms.